The molecule has 0 bridgehead atoms. The van der Waals surface area contributed by atoms with Crippen molar-refractivity contribution in [2.24, 2.45) is 0 Å². The molecule has 2 rings (SSSR count). The van der Waals surface area contributed by atoms with E-state index in [1.807, 2.05) is 35.6 Å². The molecule has 0 radical (unpaired) electrons. The third kappa shape index (κ3) is 1.16. The molecule has 1 aliphatic rings. The van der Waals surface area contributed by atoms with Crippen molar-refractivity contribution in [2.75, 3.05) is 7.05 Å². The molecule has 2 nitrogen and oxygen atoms in total. The number of hydrogen-bond donors (Lipinski definition) is 1. The van der Waals surface area contributed by atoms with Crippen molar-refractivity contribution in [1.29, 1.82) is 0 Å². The lowest BCUT2D eigenvalue weighted by Crippen LogP contribution is -2.06. The fourth-order valence-corrected chi connectivity index (χ4v) is 2.05. The Morgan fingerprint density at radius 3 is 2.92 bits per heavy atom. The first-order chi connectivity index (χ1) is 5.77. The van der Waals surface area contributed by atoms with Gasteiger partial charge in [-0.1, -0.05) is 18.2 Å². The third-order valence-corrected chi connectivity index (χ3v) is 2.66. The Labute approximate surface area is 75.6 Å². The van der Waals surface area contributed by atoms with E-state index in [4.69, 9.17) is 0 Å². The van der Waals surface area contributed by atoms with E-state index in [0.29, 0.717) is 5.76 Å². The van der Waals surface area contributed by atoms with Crippen LogP contribution in [0.15, 0.2) is 35.4 Å². The van der Waals surface area contributed by atoms with E-state index < -0.39 is 0 Å². The lowest BCUT2D eigenvalue weighted by Gasteiger charge is -2.20. The summed E-state index contributed by atoms with van der Waals surface area (Å²) in [5.74, 6) is 0.340. The van der Waals surface area contributed by atoms with Crippen LogP contribution in [0.2, 0.25) is 0 Å². The topological polar surface area (TPSA) is 23.5 Å². The Balaban J connectivity index is 2.53. The normalized spacial score (nSPS) is 15.4. The number of nitrogens with zero attached hydrogens (tertiary/aromatic N) is 1. The standard InChI is InChI=1S/C9H9NOS/c1-10-6-8(11)7-4-2-3-5-9(7)12-10/h2-6,11H,1H3. The summed E-state index contributed by atoms with van der Waals surface area (Å²) in [6.45, 7) is 0. The largest absolute Gasteiger partial charge is 0.506 e. The van der Waals surface area contributed by atoms with Crippen LogP contribution >= 0.6 is 11.9 Å². The summed E-state index contributed by atoms with van der Waals surface area (Å²) in [4.78, 5) is 1.10. The summed E-state index contributed by atoms with van der Waals surface area (Å²) in [5.41, 5.74) is 0.917. The van der Waals surface area contributed by atoms with E-state index in [0.717, 1.165) is 10.5 Å². The van der Waals surface area contributed by atoms with Crippen molar-refractivity contribution in [3.63, 3.8) is 0 Å². The highest BCUT2D eigenvalue weighted by Gasteiger charge is 2.13. The molecule has 0 fully saturated rings. The average Bonchev–Trinajstić information content (AvgIpc) is 2.04. The van der Waals surface area contributed by atoms with E-state index in [1.165, 1.54) is 0 Å². The molecule has 0 unspecified atom stereocenters. The van der Waals surface area contributed by atoms with Crippen molar-refractivity contribution in [2.45, 2.75) is 4.90 Å². The van der Waals surface area contributed by atoms with Crippen molar-refractivity contribution in [3.8, 4) is 0 Å². The second-order valence-corrected chi connectivity index (χ2v) is 3.85. The summed E-state index contributed by atoms with van der Waals surface area (Å²) in [5, 5.41) is 9.54. The molecule has 62 valence electrons. The van der Waals surface area contributed by atoms with Gasteiger partial charge in [0.2, 0.25) is 0 Å². The van der Waals surface area contributed by atoms with Crippen LogP contribution in [-0.2, 0) is 0 Å². The van der Waals surface area contributed by atoms with Gasteiger partial charge in [0.05, 0.1) is 6.20 Å². The van der Waals surface area contributed by atoms with Crippen molar-refractivity contribution >= 4 is 17.7 Å². The van der Waals surface area contributed by atoms with Crippen molar-refractivity contribution in [1.82, 2.24) is 4.31 Å². The molecule has 0 aromatic heterocycles. The van der Waals surface area contributed by atoms with Gasteiger partial charge in [0, 0.05) is 17.5 Å². The first kappa shape index (κ1) is 7.55. The molecule has 1 aliphatic heterocycles. The quantitative estimate of drug-likeness (QED) is 0.619. The van der Waals surface area contributed by atoms with Gasteiger partial charge in [-0.25, -0.2) is 0 Å². The molecule has 12 heavy (non-hydrogen) atoms. The minimum Gasteiger partial charge on any atom is -0.506 e. The molecule has 1 N–H and O–H groups in total. The number of aliphatic hydroxyl groups is 1. The van der Waals surface area contributed by atoms with E-state index in [1.54, 1.807) is 18.1 Å². The maximum Gasteiger partial charge on any atom is 0.140 e. The molecular formula is C9H9NOS. The summed E-state index contributed by atoms with van der Waals surface area (Å²) in [6.07, 6.45) is 1.72. The van der Waals surface area contributed by atoms with Gasteiger partial charge in [-0.15, -0.1) is 0 Å². The highest BCUT2D eigenvalue weighted by Crippen LogP contribution is 2.33. The molecule has 0 atom stereocenters. The van der Waals surface area contributed by atoms with Crippen LogP contribution < -0.4 is 0 Å². The minimum atomic E-state index is 0.340. The van der Waals surface area contributed by atoms with Crippen LogP contribution in [0.4, 0.5) is 0 Å². The van der Waals surface area contributed by atoms with Gasteiger partial charge in [0.25, 0.3) is 0 Å². The fourth-order valence-electron chi connectivity index (χ4n) is 1.18. The first-order valence-electron chi connectivity index (χ1n) is 3.68. The lowest BCUT2D eigenvalue weighted by molar-refractivity contribution is 0.497. The zero-order valence-electron chi connectivity index (χ0n) is 6.69. The zero-order valence-corrected chi connectivity index (χ0v) is 7.51. The van der Waals surface area contributed by atoms with Gasteiger partial charge in [0.1, 0.15) is 5.76 Å². The fraction of sp³-hybridized carbons (Fsp3) is 0.111. The van der Waals surface area contributed by atoms with Gasteiger partial charge >= 0.3 is 0 Å². The Morgan fingerprint density at radius 1 is 1.33 bits per heavy atom. The van der Waals surface area contributed by atoms with Crippen molar-refractivity contribution < 1.29 is 5.11 Å². The van der Waals surface area contributed by atoms with Gasteiger partial charge in [0.15, 0.2) is 0 Å². The molecule has 1 aromatic rings. The smallest absolute Gasteiger partial charge is 0.140 e. The highest BCUT2D eigenvalue weighted by atomic mass is 32.2. The third-order valence-electron chi connectivity index (χ3n) is 1.71. The molecule has 0 spiro atoms. The average molecular weight is 179 g/mol. The molecule has 0 saturated carbocycles. The van der Waals surface area contributed by atoms with Gasteiger partial charge in [-0.2, -0.15) is 0 Å². The van der Waals surface area contributed by atoms with Crippen LogP contribution in [0.3, 0.4) is 0 Å². The van der Waals surface area contributed by atoms with Crippen molar-refractivity contribution in [3.05, 3.63) is 36.0 Å². The van der Waals surface area contributed by atoms with Gasteiger partial charge < -0.3 is 9.41 Å². The molecule has 0 saturated heterocycles. The van der Waals surface area contributed by atoms with Crippen LogP contribution in [0.1, 0.15) is 5.56 Å². The zero-order chi connectivity index (χ0) is 8.55. The van der Waals surface area contributed by atoms with E-state index in [-0.39, 0.29) is 0 Å². The Hall–Kier alpha value is -1.09. The monoisotopic (exact) mass is 179 g/mol. The predicted octanol–water partition coefficient (Wildman–Crippen LogP) is 2.50. The van der Waals surface area contributed by atoms with Gasteiger partial charge in [-0.05, 0) is 18.0 Å². The SMILES string of the molecule is CN1C=C(O)c2ccccc2S1. The Kier molecular flexibility index (Phi) is 1.73. The van der Waals surface area contributed by atoms with E-state index in [2.05, 4.69) is 0 Å². The number of fused-ring (bicyclic) bond motifs is 1. The molecule has 1 heterocycles. The summed E-state index contributed by atoms with van der Waals surface area (Å²) >= 11 is 1.61. The van der Waals surface area contributed by atoms with E-state index >= 15 is 0 Å². The second-order valence-electron chi connectivity index (χ2n) is 2.65. The predicted molar refractivity (Wildman–Crippen MR) is 50.7 cm³/mol. The van der Waals surface area contributed by atoms with Crippen LogP contribution in [0.25, 0.3) is 5.76 Å². The molecule has 0 amide bonds. The van der Waals surface area contributed by atoms with Crippen LogP contribution in [-0.4, -0.2) is 16.5 Å². The number of benzene rings is 1. The van der Waals surface area contributed by atoms with Gasteiger partial charge in [-0.3, -0.25) is 0 Å². The number of aliphatic hydroxyl groups excluding tert-OH is 1. The summed E-state index contributed by atoms with van der Waals surface area (Å²) < 4.78 is 1.89. The van der Waals surface area contributed by atoms with Crippen LogP contribution in [0.5, 0.6) is 0 Å². The highest BCUT2D eigenvalue weighted by molar-refractivity contribution is 7.97. The summed E-state index contributed by atoms with van der Waals surface area (Å²) in [7, 11) is 1.91. The molecule has 1 aromatic carbocycles. The number of hydrogen-bond acceptors (Lipinski definition) is 3. The maximum atomic E-state index is 9.54. The second kappa shape index (κ2) is 2.75. The Morgan fingerprint density at radius 2 is 2.08 bits per heavy atom. The molecule has 0 aliphatic carbocycles. The first-order valence-corrected chi connectivity index (χ1v) is 4.46. The molecule has 3 heteroatoms. The lowest BCUT2D eigenvalue weighted by atomic mass is 10.2. The minimum absolute atomic E-state index is 0.340. The Bertz CT molecular complexity index is 335. The number of rotatable bonds is 0. The molecular weight excluding hydrogens is 170 g/mol. The van der Waals surface area contributed by atoms with Crippen LogP contribution in [0, 0.1) is 0 Å². The summed E-state index contributed by atoms with van der Waals surface area (Å²) in [6, 6.07) is 7.81. The van der Waals surface area contributed by atoms with E-state index in [9.17, 15) is 5.11 Å². The maximum absolute atomic E-state index is 9.54.